The number of nitrogens with one attached hydrogen (secondary N) is 2. The first-order chi connectivity index (χ1) is 9.94. The number of methoxy groups -OCH3 is 1. The smallest absolute Gasteiger partial charge is 0.302 e. The summed E-state index contributed by atoms with van der Waals surface area (Å²) in [4.78, 5) is 3.05. The molecule has 8 heteroatoms. The zero-order valence-corrected chi connectivity index (χ0v) is 13.3. The average molecular weight is 330 g/mol. The van der Waals surface area contributed by atoms with Crippen LogP contribution in [0, 0.1) is 6.92 Å². The van der Waals surface area contributed by atoms with E-state index >= 15 is 0 Å². The third-order valence-electron chi connectivity index (χ3n) is 3.65. The van der Waals surface area contributed by atoms with E-state index < -0.39 is 10.2 Å². The van der Waals surface area contributed by atoms with Gasteiger partial charge in [-0.25, -0.2) is 0 Å². The number of nitrogens with zero attached hydrogens (tertiary/aromatic N) is 1. The normalized spacial score (nSPS) is 17.7. The second-order valence-electron chi connectivity index (χ2n) is 5.05. The Hall–Kier alpha value is -1.28. The van der Waals surface area contributed by atoms with E-state index in [1.165, 1.54) is 4.31 Å². The maximum atomic E-state index is 12.3. The van der Waals surface area contributed by atoms with E-state index in [0.29, 0.717) is 30.4 Å². The van der Waals surface area contributed by atoms with Crippen molar-refractivity contribution in [3.63, 3.8) is 0 Å². The van der Waals surface area contributed by atoms with E-state index in [4.69, 9.17) is 16.3 Å². The van der Waals surface area contributed by atoms with Gasteiger partial charge in [0.2, 0.25) is 0 Å². The van der Waals surface area contributed by atoms with Gasteiger partial charge in [0.05, 0.1) is 22.8 Å². The molecule has 2 heterocycles. The highest BCUT2D eigenvalue weighted by atomic mass is 35.5. The summed E-state index contributed by atoms with van der Waals surface area (Å²) < 4.78 is 33.6. The predicted octanol–water partition coefficient (Wildman–Crippen LogP) is 2.25. The molecule has 6 nitrogen and oxygen atoms in total. The van der Waals surface area contributed by atoms with Gasteiger partial charge in [-0.1, -0.05) is 17.7 Å². The summed E-state index contributed by atoms with van der Waals surface area (Å²) in [6.07, 6.45) is 1.67. The molecule has 0 bridgehead atoms. The predicted molar refractivity (Wildman–Crippen MR) is 82.9 cm³/mol. The first-order valence-corrected chi connectivity index (χ1v) is 8.31. The zero-order chi connectivity index (χ0) is 15.2. The molecule has 1 aliphatic heterocycles. The summed E-state index contributed by atoms with van der Waals surface area (Å²) >= 11 is 6.15. The maximum absolute atomic E-state index is 12.3. The molecule has 2 aromatic rings. The minimum atomic E-state index is -3.56. The molecule has 2 N–H and O–H groups in total. The topological polar surface area (TPSA) is 74.4 Å². The number of ether oxygens (including phenoxy) is 1. The highest BCUT2D eigenvalue weighted by Crippen LogP contribution is 2.37. The number of anilines is 1. The van der Waals surface area contributed by atoms with Crippen LogP contribution in [0.3, 0.4) is 0 Å². The van der Waals surface area contributed by atoms with Gasteiger partial charge < -0.3 is 9.72 Å². The van der Waals surface area contributed by atoms with Crippen LogP contribution >= 0.6 is 11.6 Å². The van der Waals surface area contributed by atoms with Gasteiger partial charge in [-0.15, -0.1) is 0 Å². The molecule has 1 aromatic heterocycles. The number of hydrogen-bond donors (Lipinski definition) is 2. The quantitative estimate of drug-likeness (QED) is 0.907. The Bertz CT molecular complexity index is 801. The molecule has 21 heavy (non-hydrogen) atoms. The van der Waals surface area contributed by atoms with Crippen LogP contribution in [0.5, 0.6) is 0 Å². The van der Waals surface area contributed by atoms with Gasteiger partial charge in [-0.3, -0.25) is 4.72 Å². The van der Waals surface area contributed by atoms with Gasteiger partial charge in [-0.2, -0.15) is 12.7 Å². The lowest BCUT2D eigenvalue weighted by Crippen LogP contribution is -2.41. The van der Waals surface area contributed by atoms with Crippen LogP contribution in [0.2, 0.25) is 5.02 Å². The molecule has 1 aliphatic rings. The van der Waals surface area contributed by atoms with E-state index in [1.54, 1.807) is 13.3 Å². The molecule has 0 atom stereocenters. The molecule has 0 amide bonds. The van der Waals surface area contributed by atoms with Crippen LogP contribution < -0.4 is 4.72 Å². The Labute approximate surface area is 128 Å². The minimum absolute atomic E-state index is 0.313. The van der Waals surface area contributed by atoms with E-state index in [9.17, 15) is 8.42 Å². The van der Waals surface area contributed by atoms with Crippen LogP contribution in [-0.2, 0) is 21.5 Å². The molecular formula is C13H16ClN3O3S. The number of fused-ring (bicyclic) bond motifs is 3. The van der Waals surface area contributed by atoms with Gasteiger partial charge in [0.25, 0.3) is 0 Å². The van der Waals surface area contributed by atoms with E-state index in [1.807, 2.05) is 13.0 Å². The molecule has 0 radical (unpaired) electrons. The number of aromatic amines is 1. The summed E-state index contributed by atoms with van der Waals surface area (Å²) in [5, 5.41) is 1.44. The van der Waals surface area contributed by atoms with Gasteiger partial charge in [0.1, 0.15) is 0 Å². The van der Waals surface area contributed by atoms with Crippen LogP contribution in [0.4, 0.5) is 5.69 Å². The largest absolute Gasteiger partial charge is 0.383 e. The Kier molecular flexibility index (Phi) is 3.61. The van der Waals surface area contributed by atoms with Crippen molar-refractivity contribution in [2.45, 2.75) is 13.5 Å². The van der Waals surface area contributed by atoms with Gasteiger partial charge >= 0.3 is 10.2 Å². The summed E-state index contributed by atoms with van der Waals surface area (Å²) in [5.41, 5.74) is 3.24. The van der Waals surface area contributed by atoms with Crippen LogP contribution in [-0.4, -0.2) is 38.0 Å². The third-order valence-corrected chi connectivity index (χ3v) is 5.40. The van der Waals surface area contributed by atoms with Gasteiger partial charge in [0.15, 0.2) is 0 Å². The van der Waals surface area contributed by atoms with Gasteiger partial charge in [-0.05, 0) is 18.1 Å². The van der Waals surface area contributed by atoms with E-state index in [0.717, 1.165) is 22.0 Å². The first-order valence-electron chi connectivity index (χ1n) is 6.50. The van der Waals surface area contributed by atoms with Crippen molar-refractivity contribution in [2.75, 3.05) is 25.0 Å². The maximum Gasteiger partial charge on any atom is 0.302 e. The fourth-order valence-electron chi connectivity index (χ4n) is 2.65. The number of benzene rings is 1. The third kappa shape index (κ3) is 2.40. The number of H-pyrrole nitrogens is 1. The molecule has 0 spiro atoms. The first kappa shape index (κ1) is 14.6. The number of aryl methyl sites for hydroxylation is 1. The number of halogens is 1. The molecule has 114 valence electrons. The second-order valence-corrected chi connectivity index (χ2v) is 7.13. The Balaban J connectivity index is 2.12. The molecule has 0 unspecified atom stereocenters. The van der Waals surface area contributed by atoms with Crippen LogP contribution in [0.15, 0.2) is 12.3 Å². The number of aromatic nitrogens is 1. The number of hydrogen-bond acceptors (Lipinski definition) is 3. The van der Waals surface area contributed by atoms with Crippen molar-refractivity contribution in [1.29, 1.82) is 0 Å². The number of rotatable bonds is 3. The van der Waals surface area contributed by atoms with Crippen molar-refractivity contribution in [2.24, 2.45) is 0 Å². The lowest BCUT2D eigenvalue weighted by molar-refractivity contribution is 0.177. The summed E-state index contributed by atoms with van der Waals surface area (Å²) in [5.74, 6) is 0. The fraction of sp³-hybridized carbons (Fsp3) is 0.385. The van der Waals surface area contributed by atoms with E-state index in [-0.39, 0.29) is 0 Å². The van der Waals surface area contributed by atoms with Gasteiger partial charge in [0, 0.05) is 31.8 Å². The fourth-order valence-corrected chi connectivity index (χ4v) is 4.19. The Morgan fingerprint density at radius 1 is 1.48 bits per heavy atom. The van der Waals surface area contributed by atoms with Crippen LogP contribution in [0.1, 0.15) is 11.1 Å². The molecule has 0 fully saturated rings. The van der Waals surface area contributed by atoms with Crippen molar-refractivity contribution in [3.05, 3.63) is 28.4 Å². The summed E-state index contributed by atoms with van der Waals surface area (Å²) in [6.45, 7) is 2.95. The van der Waals surface area contributed by atoms with E-state index in [2.05, 4.69) is 9.71 Å². The standard InChI is InChI=1S/C13H16ClN3O3S/c1-8-5-9-7-17(3-4-20-2)21(18,19)16-12(9)13-11(8)10(14)6-15-13/h5-6,15-16H,3-4,7H2,1-2H3. The second kappa shape index (κ2) is 5.17. The van der Waals surface area contributed by atoms with Crippen molar-refractivity contribution in [1.82, 2.24) is 9.29 Å². The molecule has 3 rings (SSSR count). The lowest BCUT2D eigenvalue weighted by atomic mass is 10.0. The highest BCUT2D eigenvalue weighted by molar-refractivity contribution is 7.90. The summed E-state index contributed by atoms with van der Waals surface area (Å²) in [6, 6.07) is 1.97. The Morgan fingerprint density at radius 3 is 2.95 bits per heavy atom. The van der Waals surface area contributed by atoms with Crippen molar-refractivity contribution >= 4 is 38.4 Å². The molecular weight excluding hydrogens is 314 g/mol. The van der Waals surface area contributed by atoms with Crippen molar-refractivity contribution < 1.29 is 13.2 Å². The molecule has 0 saturated carbocycles. The Morgan fingerprint density at radius 2 is 2.24 bits per heavy atom. The van der Waals surface area contributed by atoms with Crippen LogP contribution in [0.25, 0.3) is 10.9 Å². The highest BCUT2D eigenvalue weighted by Gasteiger charge is 2.31. The lowest BCUT2D eigenvalue weighted by Gasteiger charge is -2.29. The molecule has 1 aromatic carbocycles. The SMILES string of the molecule is COCCN1Cc2cc(C)c3c(Cl)c[nH]c3c2NS1(=O)=O. The molecule has 0 saturated heterocycles. The zero-order valence-electron chi connectivity index (χ0n) is 11.7. The minimum Gasteiger partial charge on any atom is -0.383 e. The monoisotopic (exact) mass is 329 g/mol. The van der Waals surface area contributed by atoms with Crippen molar-refractivity contribution in [3.8, 4) is 0 Å². The summed E-state index contributed by atoms with van der Waals surface area (Å²) in [7, 11) is -2.02. The average Bonchev–Trinajstić information content (AvgIpc) is 2.80. The molecule has 0 aliphatic carbocycles.